The van der Waals surface area contributed by atoms with Crippen LogP contribution in [0.3, 0.4) is 0 Å². The summed E-state index contributed by atoms with van der Waals surface area (Å²) in [4.78, 5) is 0. The topological polar surface area (TPSA) is 29.5 Å². The standard InChI is InChI=1S/C10H10F6O2/c11-9(12,13)8(10(14,15)16)6-4-1-3(7(6)17)2-5(4)18-8/h3-7,17H,1-2H2/t3-,4-,5?,6?,7?/m0/s1. The van der Waals surface area contributed by atoms with Gasteiger partial charge in [0.25, 0.3) is 5.60 Å². The molecule has 18 heavy (non-hydrogen) atoms. The highest BCUT2D eigenvalue weighted by Crippen LogP contribution is 2.67. The summed E-state index contributed by atoms with van der Waals surface area (Å²) in [7, 11) is 0. The molecule has 2 saturated carbocycles. The molecule has 5 atom stereocenters. The van der Waals surface area contributed by atoms with Gasteiger partial charge in [-0.25, -0.2) is 0 Å². The van der Waals surface area contributed by atoms with Crippen molar-refractivity contribution in [3.8, 4) is 0 Å². The Morgan fingerprint density at radius 2 is 1.56 bits per heavy atom. The van der Waals surface area contributed by atoms with Crippen LogP contribution in [0.25, 0.3) is 0 Å². The Bertz CT molecular complexity index is 360. The minimum Gasteiger partial charge on any atom is -0.392 e. The summed E-state index contributed by atoms with van der Waals surface area (Å²) in [5, 5.41) is 9.69. The van der Waals surface area contributed by atoms with E-state index in [4.69, 9.17) is 0 Å². The zero-order valence-electron chi connectivity index (χ0n) is 8.92. The molecule has 3 rings (SSSR count). The lowest BCUT2D eigenvalue weighted by molar-refractivity contribution is -0.387. The molecule has 8 heteroatoms. The van der Waals surface area contributed by atoms with Gasteiger partial charge in [-0.2, -0.15) is 26.3 Å². The lowest BCUT2D eigenvalue weighted by atomic mass is 9.76. The Labute approximate surface area is 97.9 Å². The first-order chi connectivity index (χ1) is 8.09. The molecule has 3 fully saturated rings. The number of alkyl halides is 6. The van der Waals surface area contributed by atoms with Gasteiger partial charge in [0.1, 0.15) is 0 Å². The van der Waals surface area contributed by atoms with Crippen LogP contribution in [0, 0.1) is 17.8 Å². The first-order valence-electron chi connectivity index (χ1n) is 5.59. The summed E-state index contributed by atoms with van der Waals surface area (Å²) < 4.78 is 82.2. The van der Waals surface area contributed by atoms with E-state index in [9.17, 15) is 31.4 Å². The van der Waals surface area contributed by atoms with Crippen LogP contribution in [0.2, 0.25) is 0 Å². The first-order valence-corrected chi connectivity index (χ1v) is 5.59. The van der Waals surface area contributed by atoms with E-state index >= 15 is 0 Å². The maximum absolute atomic E-state index is 13.0. The van der Waals surface area contributed by atoms with Crippen molar-refractivity contribution in [2.75, 3.05) is 0 Å². The second-order valence-electron chi connectivity index (χ2n) is 5.30. The molecule has 2 aliphatic carbocycles. The Morgan fingerprint density at radius 3 is 2.00 bits per heavy atom. The van der Waals surface area contributed by atoms with Crippen LogP contribution in [0.5, 0.6) is 0 Å². The molecule has 1 aliphatic heterocycles. The lowest BCUT2D eigenvalue weighted by Crippen LogP contribution is -2.62. The van der Waals surface area contributed by atoms with Crippen LogP contribution in [-0.2, 0) is 4.74 Å². The van der Waals surface area contributed by atoms with Gasteiger partial charge in [-0.3, -0.25) is 0 Å². The van der Waals surface area contributed by atoms with Crippen molar-refractivity contribution in [2.45, 2.75) is 43.0 Å². The molecule has 1 N–H and O–H groups in total. The van der Waals surface area contributed by atoms with Crippen LogP contribution in [-0.4, -0.2) is 35.3 Å². The molecule has 0 aromatic rings. The van der Waals surface area contributed by atoms with Crippen LogP contribution < -0.4 is 0 Å². The third-order valence-corrected chi connectivity index (χ3v) is 4.55. The van der Waals surface area contributed by atoms with Crippen LogP contribution >= 0.6 is 0 Å². The van der Waals surface area contributed by atoms with E-state index < -0.39 is 47.9 Å². The van der Waals surface area contributed by atoms with Gasteiger partial charge in [0.2, 0.25) is 0 Å². The van der Waals surface area contributed by atoms with Crippen molar-refractivity contribution in [2.24, 2.45) is 17.8 Å². The monoisotopic (exact) mass is 276 g/mol. The molecule has 2 nitrogen and oxygen atoms in total. The molecule has 3 aliphatic rings. The summed E-state index contributed by atoms with van der Waals surface area (Å²) in [5.74, 6) is -3.26. The number of aliphatic hydroxyl groups excluding tert-OH is 1. The van der Waals surface area contributed by atoms with Crippen molar-refractivity contribution in [1.29, 1.82) is 0 Å². The van der Waals surface area contributed by atoms with Crippen molar-refractivity contribution in [3.63, 3.8) is 0 Å². The van der Waals surface area contributed by atoms with E-state index in [1.165, 1.54) is 0 Å². The van der Waals surface area contributed by atoms with Crippen LogP contribution in [0.1, 0.15) is 12.8 Å². The molecule has 0 radical (unpaired) electrons. The number of rotatable bonds is 0. The molecule has 2 bridgehead atoms. The second-order valence-corrected chi connectivity index (χ2v) is 5.30. The lowest BCUT2D eigenvalue weighted by Gasteiger charge is -2.38. The zero-order valence-corrected chi connectivity index (χ0v) is 8.92. The molecule has 0 amide bonds. The molecular weight excluding hydrogens is 266 g/mol. The Balaban J connectivity index is 2.13. The summed E-state index contributed by atoms with van der Waals surface area (Å²) in [5.41, 5.74) is -4.19. The van der Waals surface area contributed by atoms with Crippen molar-refractivity contribution < 1.29 is 36.2 Å². The maximum Gasteiger partial charge on any atom is 0.426 e. The minimum atomic E-state index is -5.57. The van der Waals surface area contributed by atoms with Gasteiger partial charge in [-0.15, -0.1) is 0 Å². The van der Waals surface area contributed by atoms with Gasteiger partial charge in [-0.1, -0.05) is 0 Å². The highest BCUT2D eigenvalue weighted by atomic mass is 19.4. The molecule has 1 heterocycles. The van der Waals surface area contributed by atoms with E-state index in [0.29, 0.717) is 0 Å². The molecule has 0 aromatic heterocycles. The van der Waals surface area contributed by atoms with E-state index in [1.807, 2.05) is 0 Å². The van der Waals surface area contributed by atoms with Crippen LogP contribution in [0.15, 0.2) is 0 Å². The summed E-state index contributed by atoms with van der Waals surface area (Å²) >= 11 is 0. The Hall–Kier alpha value is -0.500. The largest absolute Gasteiger partial charge is 0.426 e. The average molecular weight is 276 g/mol. The molecular formula is C10H10F6O2. The van der Waals surface area contributed by atoms with Crippen molar-refractivity contribution in [3.05, 3.63) is 0 Å². The third-order valence-electron chi connectivity index (χ3n) is 4.55. The van der Waals surface area contributed by atoms with Crippen LogP contribution in [0.4, 0.5) is 26.3 Å². The number of hydrogen-bond acceptors (Lipinski definition) is 2. The average Bonchev–Trinajstić information content (AvgIpc) is 2.71. The third kappa shape index (κ3) is 1.18. The predicted octanol–water partition coefficient (Wildman–Crippen LogP) is 2.27. The Kier molecular flexibility index (Phi) is 2.19. The van der Waals surface area contributed by atoms with Gasteiger partial charge in [0, 0.05) is 5.92 Å². The van der Waals surface area contributed by atoms with E-state index in [0.717, 1.165) is 0 Å². The molecule has 104 valence electrons. The fraction of sp³-hybridized carbons (Fsp3) is 1.00. The minimum absolute atomic E-state index is 0.0796. The summed E-state index contributed by atoms with van der Waals surface area (Å²) in [6.07, 6.45) is -13.5. The smallest absolute Gasteiger partial charge is 0.392 e. The fourth-order valence-corrected chi connectivity index (χ4v) is 3.94. The van der Waals surface area contributed by atoms with Gasteiger partial charge < -0.3 is 9.84 Å². The second kappa shape index (κ2) is 3.15. The van der Waals surface area contributed by atoms with Gasteiger partial charge >= 0.3 is 12.4 Å². The summed E-state index contributed by atoms with van der Waals surface area (Å²) in [6, 6.07) is 0. The zero-order chi connectivity index (χ0) is 13.5. The van der Waals surface area contributed by atoms with E-state index in [1.54, 1.807) is 0 Å². The number of hydrogen-bond donors (Lipinski definition) is 1. The number of fused-ring (bicyclic) bond motifs is 1. The van der Waals surface area contributed by atoms with Gasteiger partial charge in [0.15, 0.2) is 0 Å². The summed E-state index contributed by atoms with van der Waals surface area (Å²) in [6.45, 7) is 0. The SMILES string of the molecule is OC1C2[C@H]3C[C@H]1CC3OC2(C(F)(F)F)C(F)(F)F. The van der Waals surface area contributed by atoms with E-state index in [2.05, 4.69) is 4.74 Å². The predicted molar refractivity (Wildman–Crippen MR) is 45.4 cm³/mol. The highest BCUT2D eigenvalue weighted by Gasteiger charge is 2.84. The Morgan fingerprint density at radius 1 is 1.00 bits per heavy atom. The van der Waals surface area contributed by atoms with Gasteiger partial charge in [-0.05, 0) is 24.7 Å². The normalized spacial score (nSPS) is 45.8. The maximum atomic E-state index is 13.0. The number of ether oxygens (including phenoxy) is 1. The first kappa shape index (κ1) is 12.5. The molecule has 3 unspecified atom stereocenters. The van der Waals surface area contributed by atoms with E-state index in [-0.39, 0.29) is 12.8 Å². The number of halogens is 6. The van der Waals surface area contributed by atoms with Gasteiger partial charge in [0.05, 0.1) is 12.2 Å². The number of aliphatic hydroxyl groups is 1. The quantitative estimate of drug-likeness (QED) is 0.688. The fourth-order valence-electron chi connectivity index (χ4n) is 3.94. The highest BCUT2D eigenvalue weighted by molar-refractivity contribution is 5.19. The van der Waals surface area contributed by atoms with Crippen molar-refractivity contribution in [1.82, 2.24) is 0 Å². The molecule has 1 saturated heterocycles. The molecule has 0 aromatic carbocycles. The molecule has 0 spiro atoms. The van der Waals surface area contributed by atoms with Crippen molar-refractivity contribution >= 4 is 0 Å².